The number of thiazole rings is 1. The van der Waals surface area contributed by atoms with Crippen molar-refractivity contribution in [1.29, 1.82) is 5.26 Å². The average molecular weight is 302 g/mol. The summed E-state index contributed by atoms with van der Waals surface area (Å²) in [4.78, 5) is 5.56. The van der Waals surface area contributed by atoms with Crippen LogP contribution in [0.3, 0.4) is 0 Å². The standard InChI is InChI=1S/C16H18N2O2S/c1-3-10-20-13-6-4-12(5-7-13)16-18-14(11-19-2)15(21-16)8-9-17/h4-7H,3,8,10-11H2,1-2H3. The lowest BCUT2D eigenvalue weighted by Crippen LogP contribution is -1.94. The fourth-order valence-electron chi connectivity index (χ4n) is 1.88. The number of methoxy groups -OCH3 is 1. The molecule has 0 atom stereocenters. The van der Waals surface area contributed by atoms with Gasteiger partial charge in [-0.15, -0.1) is 11.3 Å². The van der Waals surface area contributed by atoms with Crippen LogP contribution in [-0.2, 0) is 17.8 Å². The third-order valence-corrected chi connectivity index (χ3v) is 4.02. The summed E-state index contributed by atoms with van der Waals surface area (Å²) in [5.74, 6) is 0.867. The Kier molecular flexibility index (Phi) is 5.73. The summed E-state index contributed by atoms with van der Waals surface area (Å²) in [7, 11) is 1.63. The molecule has 5 heteroatoms. The Balaban J connectivity index is 2.21. The van der Waals surface area contributed by atoms with E-state index in [-0.39, 0.29) is 0 Å². The summed E-state index contributed by atoms with van der Waals surface area (Å²) in [6, 6.07) is 10.1. The molecule has 0 radical (unpaired) electrons. The molecule has 0 fully saturated rings. The van der Waals surface area contributed by atoms with E-state index in [9.17, 15) is 0 Å². The Morgan fingerprint density at radius 3 is 2.67 bits per heavy atom. The van der Waals surface area contributed by atoms with Crippen molar-refractivity contribution in [1.82, 2.24) is 4.98 Å². The molecule has 0 aliphatic carbocycles. The Morgan fingerprint density at radius 2 is 2.05 bits per heavy atom. The molecule has 1 heterocycles. The average Bonchev–Trinajstić information content (AvgIpc) is 2.90. The quantitative estimate of drug-likeness (QED) is 0.780. The maximum Gasteiger partial charge on any atom is 0.124 e. The molecule has 4 nitrogen and oxygen atoms in total. The van der Waals surface area contributed by atoms with Crippen LogP contribution < -0.4 is 4.74 Å². The van der Waals surface area contributed by atoms with Gasteiger partial charge in [-0.1, -0.05) is 6.92 Å². The maximum absolute atomic E-state index is 8.88. The number of hydrogen-bond acceptors (Lipinski definition) is 5. The van der Waals surface area contributed by atoms with E-state index in [0.29, 0.717) is 13.0 Å². The van der Waals surface area contributed by atoms with Gasteiger partial charge < -0.3 is 9.47 Å². The van der Waals surface area contributed by atoms with Gasteiger partial charge in [0.05, 0.1) is 31.4 Å². The number of nitriles is 1. The summed E-state index contributed by atoms with van der Waals surface area (Å²) in [5, 5.41) is 9.79. The van der Waals surface area contributed by atoms with Gasteiger partial charge >= 0.3 is 0 Å². The number of hydrogen-bond donors (Lipinski definition) is 0. The second-order valence-electron chi connectivity index (χ2n) is 4.53. The van der Waals surface area contributed by atoms with Gasteiger partial charge in [0.15, 0.2) is 0 Å². The fraction of sp³-hybridized carbons (Fsp3) is 0.375. The molecule has 0 amide bonds. The van der Waals surface area contributed by atoms with Crippen molar-refractivity contribution in [2.24, 2.45) is 0 Å². The highest BCUT2D eigenvalue weighted by molar-refractivity contribution is 7.15. The van der Waals surface area contributed by atoms with Crippen molar-refractivity contribution in [2.75, 3.05) is 13.7 Å². The topological polar surface area (TPSA) is 55.1 Å². The molecule has 0 bridgehead atoms. The molecule has 2 aromatic rings. The lowest BCUT2D eigenvalue weighted by atomic mass is 10.2. The first-order valence-corrected chi connectivity index (χ1v) is 7.67. The number of aromatic nitrogens is 1. The predicted octanol–water partition coefficient (Wildman–Crippen LogP) is 3.81. The Morgan fingerprint density at radius 1 is 1.29 bits per heavy atom. The van der Waals surface area contributed by atoms with Crippen molar-refractivity contribution < 1.29 is 9.47 Å². The van der Waals surface area contributed by atoms with E-state index in [1.165, 1.54) is 0 Å². The van der Waals surface area contributed by atoms with Gasteiger partial charge in [0.2, 0.25) is 0 Å². The summed E-state index contributed by atoms with van der Waals surface area (Å²) < 4.78 is 10.7. The van der Waals surface area contributed by atoms with Crippen LogP contribution in [0.25, 0.3) is 10.6 Å². The molecule has 110 valence electrons. The first-order valence-electron chi connectivity index (χ1n) is 6.86. The number of nitrogens with zero attached hydrogens (tertiary/aromatic N) is 2. The van der Waals surface area contributed by atoms with Crippen molar-refractivity contribution in [3.05, 3.63) is 34.8 Å². The van der Waals surface area contributed by atoms with E-state index in [0.717, 1.165) is 39.9 Å². The van der Waals surface area contributed by atoms with Gasteiger partial charge in [-0.3, -0.25) is 0 Å². The molecule has 21 heavy (non-hydrogen) atoms. The Hall–Kier alpha value is -1.90. The zero-order valence-corrected chi connectivity index (χ0v) is 13.1. The molecular weight excluding hydrogens is 284 g/mol. The highest BCUT2D eigenvalue weighted by atomic mass is 32.1. The van der Waals surface area contributed by atoms with Crippen molar-refractivity contribution >= 4 is 11.3 Å². The highest BCUT2D eigenvalue weighted by Crippen LogP contribution is 2.30. The van der Waals surface area contributed by atoms with E-state index in [4.69, 9.17) is 14.7 Å². The van der Waals surface area contributed by atoms with E-state index < -0.39 is 0 Å². The second kappa shape index (κ2) is 7.77. The molecule has 0 spiro atoms. The number of ether oxygens (including phenoxy) is 2. The minimum Gasteiger partial charge on any atom is -0.494 e. The van der Waals surface area contributed by atoms with Crippen LogP contribution in [0.2, 0.25) is 0 Å². The van der Waals surface area contributed by atoms with Crippen LogP contribution in [0.5, 0.6) is 5.75 Å². The molecule has 0 aliphatic heterocycles. The lowest BCUT2D eigenvalue weighted by Gasteiger charge is -2.04. The van der Waals surface area contributed by atoms with Crippen molar-refractivity contribution in [2.45, 2.75) is 26.4 Å². The number of benzene rings is 1. The third kappa shape index (κ3) is 4.03. The summed E-state index contributed by atoms with van der Waals surface area (Å²) in [5.41, 5.74) is 1.88. The van der Waals surface area contributed by atoms with Crippen LogP contribution >= 0.6 is 11.3 Å². The van der Waals surface area contributed by atoms with Crippen molar-refractivity contribution in [3.8, 4) is 22.4 Å². The largest absolute Gasteiger partial charge is 0.494 e. The molecule has 0 unspecified atom stereocenters. The molecule has 2 rings (SSSR count). The van der Waals surface area contributed by atoms with Gasteiger partial charge in [-0.25, -0.2) is 4.98 Å². The van der Waals surface area contributed by atoms with Crippen LogP contribution in [0.4, 0.5) is 0 Å². The smallest absolute Gasteiger partial charge is 0.124 e. The fourth-order valence-corrected chi connectivity index (χ4v) is 2.88. The van der Waals surface area contributed by atoms with Gasteiger partial charge in [-0.05, 0) is 30.7 Å². The maximum atomic E-state index is 8.88. The van der Waals surface area contributed by atoms with Gasteiger partial charge in [-0.2, -0.15) is 5.26 Å². The van der Waals surface area contributed by atoms with E-state index >= 15 is 0 Å². The highest BCUT2D eigenvalue weighted by Gasteiger charge is 2.12. The lowest BCUT2D eigenvalue weighted by molar-refractivity contribution is 0.181. The number of rotatable bonds is 7. The zero-order chi connectivity index (χ0) is 15.1. The first kappa shape index (κ1) is 15.5. The molecule has 0 aliphatic rings. The first-order chi connectivity index (χ1) is 10.3. The summed E-state index contributed by atoms with van der Waals surface area (Å²) in [6.45, 7) is 3.24. The monoisotopic (exact) mass is 302 g/mol. The molecule has 1 aromatic heterocycles. The Labute approximate surface area is 129 Å². The predicted molar refractivity (Wildman–Crippen MR) is 83.4 cm³/mol. The molecule has 1 aromatic carbocycles. The minimum absolute atomic E-state index is 0.369. The molecule has 0 N–H and O–H groups in total. The van der Waals surface area contributed by atoms with Crippen LogP contribution in [-0.4, -0.2) is 18.7 Å². The van der Waals surface area contributed by atoms with E-state index in [2.05, 4.69) is 18.0 Å². The van der Waals surface area contributed by atoms with Crippen molar-refractivity contribution in [3.63, 3.8) is 0 Å². The third-order valence-electron chi connectivity index (χ3n) is 2.87. The van der Waals surface area contributed by atoms with Crippen LogP contribution in [0, 0.1) is 11.3 Å². The van der Waals surface area contributed by atoms with E-state index in [1.807, 2.05) is 24.3 Å². The minimum atomic E-state index is 0.369. The molecule has 0 saturated carbocycles. The van der Waals surface area contributed by atoms with Gasteiger partial charge in [0, 0.05) is 17.6 Å². The van der Waals surface area contributed by atoms with Gasteiger partial charge in [0.25, 0.3) is 0 Å². The zero-order valence-electron chi connectivity index (χ0n) is 12.3. The molecular formula is C16H18N2O2S. The Bertz CT molecular complexity index is 614. The summed E-state index contributed by atoms with van der Waals surface area (Å²) in [6.07, 6.45) is 1.36. The summed E-state index contributed by atoms with van der Waals surface area (Å²) >= 11 is 1.55. The SMILES string of the molecule is CCCOc1ccc(-c2nc(COC)c(CC#N)s2)cc1. The molecule has 0 saturated heterocycles. The second-order valence-corrected chi connectivity index (χ2v) is 5.61. The van der Waals surface area contributed by atoms with Crippen LogP contribution in [0.15, 0.2) is 24.3 Å². The normalized spacial score (nSPS) is 10.3. The van der Waals surface area contributed by atoms with E-state index in [1.54, 1.807) is 18.4 Å². The van der Waals surface area contributed by atoms with Crippen LogP contribution in [0.1, 0.15) is 23.9 Å². The van der Waals surface area contributed by atoms with Gasteiger partial charge in [0.1, 0.15) is 10.8 Å².